The molecule has 5 nitrogen and oxygen atoms in total. The number of amides is 1. The van der Waals surface area contributed by atoms with Gasteiger partial charge in [-0.15, -0.1) is 0 Å². The minimum Gasteiger partial charge on any atom is -0.347 e. The zero-order chi connectivity index (χ0) is 13.8. The quantitative estimate of drug-likeness (QED) is 0.890. The largest absolute Gasteiger partial charge is 0.347 e. The van der Waals surface area contributed by atoms with Crippen LogP contribution in [0.5, 0.6) is 0 Å². The van der Waals surface area contributed by atoms with Crippen LogP contribution in [0.2, 0.25) is 0 Å². The molecule has 0 spiro atoms. The monoisotopic (exact) mass is 261 g/mol. The third-order valence-electron chi connectivity index (χ3n) is 2.54. The van der Waals surface area contributed by atoms with Crippen LogP contribution in [0.15, 0.2) is 41.2 Å². The maximum absolute atomic E-state index is 12.9. The third-order valence-corrected chi connectivity index (χ3v) is 2.54. The molecule has 0 atom stereocenters. The van der Waals surface area contributed by atoms with Crippen molar-refractivity contribution >= 4 is 5.91 Å². The molecule has 0 fully saturated rings. The Balaban J connectivity index is 2.05. The van der Waals surface area contributed by atoms with E-state index in [1.54, 1.807) is 12.1 Å². The Bertz CT molecular complexity index is 667. The van der Waals surface area contributed by atoms with Gasteiger partial charge in [-0.25, -0.2) is 9.07 Å². The highest BCUT2D eigenvalue weighted by Gasteiger charge is 2.08. The first-order valence-corrected chi connectivity index (χ1v) is 5.63. The van der Waals surface area contributed by atoms with Crippen LogP contribution < -0.4 is 10.9 Å². The van der Waals surface area contributed by atoms with Gasteiger partial charge in [-0.1, -0.05) is 12.1 Å². The van der Waals surface area contributed by atoms with Gasteiger partial charge in [-0.05, 0) is 23.8 Å². The minimum absolute atomic E-state index is 0.138. The van der Waals surface area contributed by atoms with E-state index >= 15 is 0 Å². The summed E-state index contributed by atoms with van der Waals surface area (Å²) < 4.78 is 14.0. The fraction of sp³-hybridized carbons (Fsp3) is 0.154. The molecule has 0 unspecified atom stereocenters. The summed E-state index contributed by atoms with van der Waals surface area (Å²) in [6.45, 7) is 0.196. The lowest BCUT2D eigenvalue weighted by atomic mass is 10.2. The van der Waals surface area contributed by atoms with Gasteiger partial charge in [0.2, 0.25) is 0 Å². The smallest absolute Gasteiger partial charge is 0.271 e. The Morgan fingerprint density at radius 1 is 1.37 bits per heavy atom. The minimum atomic E-state index is -0.417. The lowest BCUT2D eigenvalue weighted by Gasteiger charge is -2.05. The van der Waals surface area contributed by atoms with E-state index in [-0.39, 0.29) is 23.6 Å². The molecule has 1 aromatic heterocycles. The molecule has 0 bridgehead atoms. The normalized spacial score (nSPS) is 10.2. The predicted molar refractivity (Wildman–Crippen MR) is 67.0 cm³/mol. The number of hydrogen-bond donors (Lipinski definition) is 1. The highest BCUT2D eigenvalue weighted by atomic mass is 19.1. The van der Waals surface area contributed by atoms with E-state index in [9.17, 15) is 14.0 Å². The van der Waals surface area contributed by atoms with Crippen molar-refractivity contribution in [3.63, 3.8) is 0 Å². The van der Waals surface area contributed by atoms with Gasteiger partial charge >= 0.3 is 0 Å². The zero-order valence-electron chi connectivity index (χ0n) is 10.3. The fourth-order valence-corrected chi connectivity index (χ4v) is 1.54. The lowest BCUT2D eigenvalue weighted by molar-refractivity contribution is 0.0943. The molecular formula is C13H12FN3O2. The van der Waals surface area contributed by atoms with Crippen molar-refractivity contribution in [2.75, 3.05) is 0 Å². The summed E-state index contributed by atoms with van der Waals surface area (Å²) in [5.41, 5.74) is 0.498. The summed E-state index contributed by atoms with van der Waals surface area (Å²) in [7, 11) is 1.46. The van der Waals surface area contributed by atoms with Crippen LogP contribution in [-0.2, 0) is 13.6 Å². The Morgan fingerprint density at radius 2 is 2.16 bits per heavy atom. The summed E-state index contributed by atoms with van der Waals surface area (Å²) >= 11 is 0. The van der Waals surface area contributed by atoms with Crippen LogP contribution in [0.4, 0.5) is 4.39 Å². The zero-order valence-corrected chi connectivity index (χ0v) is 10.3. The number of rotatable bonds is 3. The Labute approximate surface area is 108 Å². The highest BCUT2D eigenvalue weighted by Crippen LogP contribution is 2.03. The summed E-state index contributed by atoms with van der Waals surface area (Å²) in [6.07, 6.45) is 0. The van der Waals surface area contributed by atoms with Crippen molar-refractivity contribution < 1.29 is 9.18 Å². The number of halogens is 1. The van der Waals surface area contributed by atoms with E-state index in [0.29, 0.717) is 5.56 Å². The van der Waals surface area contributed by atoms with E-state index in [1.807, 2.05) is 0 Å². The first-order valence-electron chi connectivity index (χ1n) is 5.63. The molecule has 98 valence electrons. The molecule has 1 amide bonds. The maximum atomic E-state index is 12.9. The molecule has 1 N–H and O–H groups in total. The SMILES string of the molecule is Cn1nc(C(=O)NCc2cccc(F)c2)ccc1=O. The van der Waals surface area contributed by atoms with Crippen LogP contribution >= 0.6 is 0 Å². The second kappa shape index (κ2) is 5.43. The van der Waals surface area contributed by atoms with Crippen LogP contribution in [0.1, 0.15) is 16.1 Å². The maximum Gasteiger partial charge on any atom is 0.271 e. The Kier molecular flexibility index (Phi) is 3.70. The third kappa shape index (κ3) is 3.25. The molecule has 2 rings (SSSR count). The van der Waals surface area contributed by atoms with Gasteiger partial charge in [0, 0.05) is 19.7 Å². The molecule has 6 heteroatoms. The summed E-state index contributed by atoms with van der Waals surface area (Å²) in [5, 5.41) is 6.43. The number of nitrogens with one attached hydrogen (secondary N) is 1. The van der Waals surface area contributed by atoms with Crippen LogP contribution in [0, 0.1) is 5.82 Å². The van der Waals surface area contributed by atoms with E-state index in [1.165, 1.54) is 31.3 Å². The Hall–Kier alpha value is -2.50. The van der Waals surface area contributed by atoms with E-state index in [2.05, 4.69) is 10.4 Å². The van der Waals surface area contributed by atoms with E-state index < -0.39 is 5.91 Å². The molecule has 2 aromatic rings. The second-order valence-corrected chi connectivity index (χ2v) is 3.99. The van der Waals surface area contributed by atoms with Gasteiger partial charge in [0.05, 0.1) is 0 Å². The number of hydrogen-bond acceptors (Lipinski definition) is 3. The molecule has 1 heterocycles. The number of aryl methyl sites for hydroxylation is 1. The summed E-state index contributed by atoms with van der Waals surface area (Å²) in [6, 6.07) is 8.57. The average molecular weight is 261 g/mol. The van der Waals surface area contributed by atoms with Gasteiger partial charge in [0.25, 0.3) is 11.5 Å². The van der Waals surface area contributed by atoms with Gasteiger partial charge in [0.1, 0.15) is 11.5 Å². The van der Waals surface area contributed by atoms with Crippen molar-refractivity contribution in [3.8, 4) is 0 Å². The molecule has 0 radical (unpaired) electrons. The topological polar surface area (TPSA) is 64.0 Å². The Morgan fingerprint density at radius 3 is 2.84 bits per heavy atom. The van der Waals surface area contributed by atoms with Crippen molar-refractivity contribution in [3.05, 3.63) is 63.8 Å². The second-order valence-electron chi connectivity index (χ2n) is 3.99. The van der Waals surface area contributed by atoms with Gasteiger partial charge in [-0.3, -0.25) is 9.59 Å². The van der Waals surface area contributed by atoms with Gasteiger partial charge < -0.3 is 5.32 Å². The van der Waals surface area contributed by atoms with Crippen molar-refractivity contribution in [1.29, 1.82) is 0 Å². The molecule has 1 aromatic carbocycles. The predicted octanol–water partition coefficient (Wildman–Crippen LogP) is 0.849. The molecule has 19 heavy (non-hydrogen) atoms. The molecule has 0 aliphatic rings. The molecule has 0 aliphatic heterocycles. The van der Waals surface area contributed by atoms with E-state index in [4.69, 9.17) is 0 Å². The number of nitrogens with zero attached hydrogens (tertiary/aromatic N) is 2. The number of aromatic nitrogens is 2. The molecule has 0 aliphatic carbocycles. The number of benzene rings is 1. The van der Waals surface area contributed by atoms with Crippen LogP contribution in [0.25, 0.3) is 0 Å². The van der Waals surface area contributed by atoms with Crippen molar-refractivity contribution in [2.24, 2.45) is 7.05 Å². The standard InChI is InChI=1S/C13H12FN3O2/c1-17-12(18)6-5-11(16-17)13(19)15-8-9-3-2-4-10(14)7-9/h2-7H,8H2,1H3,(H,15,19). The van der Waals surface area contributed by atoms with Gasteiger partial charge in [0.15, 0.2) is 0 Å². The lowest BCUT2D eigenvalue weighted by Crippen LogP contribution is -2.28. The van der Waals surface area contributed by atoms with Gasteiger partial charge in [-0.2, -0.15) is 5.10 Å². The first-order chi connectivity index (χ1) is 9.06. The molecule has 0 saturated carbocycles. The first kappa shape index (κ1) is 12.9. The van der Waals surface area contributed by atoms with Crippen molar-refractivity contribution in [1.82, 2.24) is 15.1 Å². The summed E-state index contributed by atoms with van der Waals surface area (Å²) in [5.74, 6) is -0.771. The molecular weight excluding hydrogens is 249 g/mol. The number of carbonyl (C=O) groups is 1. The average Bonchev–Trinajstić information content (AvgIpc) is 2.39. The van der Waals surface area contributed by atoms with Crippen molar-refractivity contribution in [2.45, 2.75) is 6.54 Å². The van der Waals surface area contributed by atoms with E-state index in [0.717, 1.165) is 4.68 Å². The fourth-order valence-electron chi connectivity index (χ4n) is 1.54. The highest BCUT2D eigenvalue weighted by molar-refractivity contribution is 5.91. The molecule has 0 saturated heterocycles. The summed E-state index contributed by atoms with van der Waals surface area (Å²) in [4.78, 5) is 22.9. The van der Waals surface area contributed by atoms with Crippen LogP contribution in [-0.4, -0.2) is 15.7 Å². The number of carbonyl (C=O) groups excluding carboxylic acids is 1. The van der Waals surface area contributed by atoms with Crippen LogP contribution in [0.3, 0.4) is 0 Å².